The van der Waals surface area contributed by atoms with Gasteiger partial charge in [0.1, 0.15) is 12.0 Å². The third-order valence-corrected chi connectivity index (χ3v) is 8.27. The summed E-state index contributed by atoms with van der Waals surface area (Å²) in [5.74, 6) is 0.588. The van der Waals surface area contributed by atoms with Gasteiger partial charge in [0, 0.05) is 11.8 Å². The molecule has 9 atom stereocenters. The number of hydrogen-bond donors (Lipinski definition) is 2. The van der Waals surface area contributed by atoms with E-state index in [2.05, 4.69) is 6.92 Å². The zero-order valence-electron chi connectivity index (χ0n) is 14.2. The Kier molecular flexibility index (Phi) is 3.49. The van der Waals surface area contributed by atoms with Gasteiger partial charge in [-0.1, -0.05) is 13.8 Å². The number of fused-ring (bicyclic) bond motifs is 5. The van der Waals surface area contributed by atoms with Crippen molar-refractivity contribution in [1.29, 1.82) is 0 Å². The first-order chi connectivity index (χ1) is 10.8. The number of hydrogen-bond acceptors (Lipinski definition) is 3. The first-order valence-corrected chi connectivity index (χ1v) is 9.31. The molecular weight excluding hydrogens is 295 g/mol. The van der Waals surface area contributed by atoms with Crippen LogP contribution in [0, 0.1) is 34.5 Å². The molecule has 2 N–H and O–H groups in total. The summed E-state index contributed by atoms with van der Waals surface area (Å²) in [6.07, 6.45) is 2.62. The Morgan fingerprint density at radius 3 is 2.61 bits per heavy atom. The van der Waals surface area contributed by atoms with Crippen LogP contribution in [0.4, 0.5) is 4.39 Å². The van der Waals surface area contributed by atoms with Gasteiger partial charge in [0.15, 0.2) is 0 Å². The molecule has 23 heavy (non-hydrogen) atoms. The molecule has 4 aliphatic carbocycles. The molecule has 0 aromatic rings. The Hall–Kier alpha value is -0.480. The zero-order chi connectivity index (χ0) is 16.6. The predicted molar refractivity (Wildman–Crippen MR) is 84.4 cm³/mol. The minimum absolute atomic E-state index is 0.00684. The monoisotopic (exact) mass is 324 g/mol. The number of rotatable bonds is 0. The predicted octanol–water partition coefficient (Wildman–Crippen LogP) is 2.88. The molecule has 0 saturated heterocycles. The summed E-state index contributed by atoms with van der Waals surface area (Å²) >= 11 is 0. The van der Waals surface area contributed by atoms with Gasteiger partial charge in [-0.25, -0.2) is 4.39 Å². The number of aliphatic hydroxyl groups excluding tert-OH is 2. The molecule has 0 radical (unpaired) electrons. The van der Waals surface area contributed by atoms with Crippen molar-refractivity contribution in [1.82, 2.24) is 0 Å². The van der Waals surface area contributed by atoms with Crippen LogP contribution >= 0.6 is 0 Å². The lowest BCUT2D eigenvalue weighted by Crippen LogP contribution is -2.62. The van der Waals surface area contributed by atoms with Gasteiger partial charge in [0.2, 0.25) is 0 Å². The summed E-state index contributed by atoms with van der Waals surface area (Å²) in [4.78, 5) is 12.4. The highest BCUT2D eigenvalue weighted by molar-refractivity contribution is 5.87. The van der Waals surface area contributed by atoms with Crippen molar-refractivity contribution < 1.29 is 19.4 Å². The number of halogens is 1. The lowest BCUT2D eigenvalue weighted by atomic mass is 9.44. The summed E-state index contributed by atoms with van der Waals surface area (Å²) < 4.78 is 13.9. The van der Waals surface area contributed by atoms with Gasteiger partial charge in [-0.15, -0.1) is 0 Å². The molecule has 0 amide bonds. The highest BCUT2D eigenvalue weighted by atomic mass is 19.1. The molecule has 4 heteroatoms. The summed E-state index contributed by atoms with van der Waals surface area (Å²) in [5.41, 5.74) is -0.569. The molecule has 3 nitrogen and oxygen atoms in total. The zero-order valence-corrected chi connectivity index (χ0v) is 14.2. The number of ketones is 1. The number of carbonyl (C=O) groups excluding carboxylic acids is 1. The quantitative estimate of drug-likeness (QED) is 0.720. The maximum Gasteiger partial charge on any atom is 0.139 e. The Balaban J connectivity index is 1.74. The highest BCUT2D eigenvalue weighted by Gasteiger charge is 2.65. The van der Waals surface area contributed by atoms with Crippen LogP contribution in [0.25, 0.3) is 0 Å². The van der Waals surface area contributed by atoms with E-state index < -0.39 is 23.8 Å². The SMILES string of the molecule is C[C@]12CC[C@@H](F)C[C@@H]1C[C@H](O)[C@@H]1[C@@H]2[C@H](O)C[C@]2(C)C(=O)CC[C@@H]12. The van der Waals surface area contributed by atoms with Gasteiger partial charge < -0.3 is 10.2 Å². The fourth-order valence-corrected chi connectivity index (χ4v) is 7.06. The second kappa shape index (κ2) is 5.01. The number of aliphatic hydroxyl groups is 2. The second-order valence-electron chi connectivity index (χ2n) is 9.24. The molecule has 4 fully saturated rings. The first-order valence-electron chi connectivity index (χ1n) is 9.31. The van der Waals surface area contributed by atoms with Gasteiger partial charge in [0.25, 0.3) is 0 Å². The number of carbonyl (C=O) groups is 1. The maximum atomic E-state index is 13.9. The van der Waals surface area contributed by atoms with Crippen LogP contribution in [0.5, 0.6) is 0 Å². The lowest BCUT2D eigenvalue weighted by Gasteiger charge is -2.62. The van der Waals surface area contributed by atoms with Crippen LogP contribution in [0.2, 0.25) is 0 Å². The van der Waals surface area contributed by atoms with Crippen LogP contribution in [0.15, 0.2) is 0 Å². The van der Waals surface area contributed by atoms with Crippen molar-refractivity contribution >= 4 is 5.78 Å². The van der Waals surface area contributed by atoms with Gasteiger partial charge in [-0.2, -0.15) is 0 Å². The minimum Gasteiger partial charge on any atom is -0.393 e. The average Bonchev–Trinajstić information content (AvgIpc) is 2.76. The molecule has 0 bridgehead atoms. The molecule has 0 aliphatic heterocycles. The Labute approximate surface area is 137 Å². The number of Topliss-reactive ketones (excluding diaryl/α,β-unsaturated/α-hetero) is 1. The molecule has 0 unspecified atom stereocenters. The fraction of sp³-hybridized carbons (Fsp3) is 0.947. The van der Waals surface area contributed by atoms with E-state index >= 15 is 0 Å². The average molecular weight is 324 g/mol. The normalized spacial score (nSPS) is 59.2. The van der Waals surface area contributed by atoms with E-state index in [-0.39, 0.29) is 34.9 Å². The Morgan fingerprint density at radius 2 is 1.87 bits per heavy atom. The van der Waals surface area contributed by atoms with Gasteiger partial charge in [-0.3, -0.25) is 4.79 Å². The maximum absolute atomic E-state index is 13.9. The minimum atomic E-state index is -0.768. The van der Waals surface area contributed by atoms with E-state index in [1.165, 1.54) is 0 Å². The molecule has 4 rings (SSSR count). The van der Waals surface area contributed by atoms with E-state index in [4.69, 9.17) is 0 Å². The van der Waals surface area contributed by atoms with Gasteiger partial charge >= 0.3 is 0 Å². The molecule has 0 aromatic heterocycles. The molecule has 4 saturated carbocycles. The molecule has 0 spiro atoms. The Bertz CT molecular complexity index is 523. The molecule has 4 aliphatic rings. The van der Waals surface area contributed by atoms with E-state index in [1.54, 1.807) is 0 Å². The van der Waals surface area contributed by atoms with Crippen molar-refractivity contribution in [2.24, 2.45) is 34.5 Å². The highest BCUT2D eigenvalue weighted by Crippen LogP contribution is 2.65. The van der Waals surface area contributed by atoms with Crippen molar-refractivity contribution in [3.05, 3.63) is 0 Å². The fourth-order valence-electron chi connectivity index (χ4n) is 7.06. The smallest absolute Gasteiger partial charge is 0.139 e. The van der Waals surface area contributed by atoms with Crippen LogP contribution < -0.4 is 0 Å². The largest absolute Gasteiger partial charge is 0.393 e. The topological polar surface area (TPSA) is 57.5 Å². The van der Waals surface area contributed by atoms with E-state index in [0.717, 1.165) is 12.8 Å². The standard InChI is InChI=1S/C19H29FO3/c1-18-6-5-11(20)7-10(18)8-13(21)16-12-3-4-15(23)19(12,2)9-14(22)17(16)18/h10-14,16-17,21-22H,3-9H2,1-2H3/t10-,11-,12+,13+,14-,16-,17+,18+,19+/m1/s1. The van der Waals surface area contributed by atoms with Crippen LogP contribution in [0.1, 0.15) is 58.8 Å². The second-order valence-corrected chi connectivity index (χ2v) is 9.24. The van der Waals surface area contributed by atoms with Crippen molar-refractivity contribution in [3.63, 3.8) is 0 Å². The number of alkyl halides is 1. The summed E-state index contributed by atoms with van der Waals surface area (Å²) in [6.45, 7) is 4.20. The Morgan fingerprint density at radius 1 is 1.13 bits per heavy atom. The molecule has 0 heterocycles. The third-order valence-electron chi connectivity index (χ3n) is 8.27. The third kappa shape index (κ3) is 2.03. The summed E-state index contributed by atoms with van der Waals surface area (Å²) in [7, 11) is 0. The van der Waals surface area contributed by atoms with Gasteiger partial charge in [-0.05, 0) is 67.6 Å². The first kappa shape index (κ1) is 16.0. The van der Waals surface area contributed by atoms with Crippen LogP contribution in [-0.2, 0) is 4.79 Å². The van der Waals surface area contributed by atoms with E-state index in [1.807, 2.05) is 6.92 Å². The van der Waals surface area contributed by atoms with Crippen LogP contribution in [0.3, 0.4) is 0 Å². The lowest BCUT2D eigenvalue weighted by molar-refractivity contribution is -0.204. The van der Waals surface area contributed by atoms with Crippen molar-refractivity contribution in [3.8, 4) is 0 Å². The molecular formula is C19H29FO3. The van der Waals surface area contributed by atoms with Crippen LogP contribution in [-0.4, -0.2) is 34.4 Å². The van der Waals surface area contributed by atoms with E-state index in [0.29, 0.717) is 32.1 Å². The summed E-state index contributed by atoms with van der Waals surface area (Å²) in [6, 6.07) is 0. The van der Waals surface area contributed by atoms with Gasteiger partial charge in [0.05, 0.1) is 12.2 Å². The summed E-state index contributed by atoms with van der Waals surface area (Å²) in [5, 5.41) is 21.8. The van der Waals surface area contributed by atoms with Crippen molar-refractivity contribution in [2.45, 2.75) is 77.2 Å². The van der Waals surface area contributed by atoms with Crippen molar-refractivity contribution in [2.75, 3.05) is 0 Å². The molecule has 130 valence electrons. The molecule has 0 aromatic carbocycles. The van der Waals surface area contributed by atoms with E-state index in [9.17, 15) is 19.4 Å².